The molecule has 4 aliphatic carbocycles. The number of benzene rings is 21. The van der Waals surface area contributed by atoms with Crippen LogP contribution >= 0.6 is 0 Å². The van der Waals surface area contributed by atoms with E-state index in [1.165, 1.54) is 187 Å². The van der Waals surface area contributed by atoms with Crippen molar-refractivity contribution in [1.29, 1.82) is 0 Å². The Morgan fingerprint density at radius 1 is 0.160 bits per heavy atom. The van der Waals surface area contributed by atoms with Gasteiger partial charge >= 0.3 is 0 Å². The summed E-state index contributed by atoms with van der Waals surface area (Å²) in [5.74, 6) is 0.689. The summed E-state index contributed by atoms with van der Waals surface area (Å²) in [4.78, 5) is 11.3. The van der Waals surface area contributed by atoms with Gasteiger partial charge in [0.05, 0.1) is 66.6 Å². The maximum absolute atomic E-state index is 5.66. The van der Waals surface area contributed by atoms with Gasteiger partial charge in [-0.3, -0.25) is 0 Å². The highest BCUT2D eigenvalue weighted by molar-refractivity contribution is 6.22. The van der Waals surface area contributed by atoms with E-state index < -0.39 is 0 Å². The summed E-state index contributed by atoms with van der Waals surface area (Å²) in [6, 6.07) is 167. The molecule has 0 radical (unpaired) electrons. The Morgan fingerprint density at radius 2 is 0.438 bits per heavy atom. The van der Waals surface area contributed by atoms with E-state index in [2.05, 4.69) is 507 Å². The molecule has 0 N–H and O–H groups in total. The third-order valence-corrected chi connectivity index (χ3v) is 33.3. The van der Waals surface area contributed by atoms with Crippen molar-refractivity contribution in [2.75, 3.05) is 0 Å². The van der Waals surface area contributed by atoms with Crippen molar-refractivity contribution < 1.29 is 0 Å². The number of aromatic nitrogens is 7. The molecule has 7 heteroatoms. The molecule has 0 saturated heterocycles. The number of fused-ring (bicyclic) bond motifs is 27. The van der Waals surface area contributed by atoms with Crippen molar-refractivity contribution in [3.05, 3.63) is 476 Å². The Bertz CT molecular complexity index is 10100. The topological polar surface area (TPSA) is 50.4 Å². The lowest BCUT2D eigenvalue weighted by Crippen LogP contribution is -2.15. The van der Waals surface area contributed by atoms with Gasteiger partial charge in [0.15, 0.2) is 5.82 Å². The first-order valence-electron chi connectivity index (χ1n) is 50.4. The van der Waals surface area contributed by atoms with Crippen LogP contribution in [-0.2, 0) is 16.2 Å². The van der Waals surface area contributed by atoms with Crippen LogP contribution in [0.15, 0.2) is 443 Å². The predicted octanol–water partition coefficient (Wildman–Crippen LogP) is 35.7. The number of hydrogen-bond donors (Lipinski definition) is 0. The van der Waals surface area contributed by atoms with Gasteiger partial charge in [0.1, 0.15) is 0 Å². The van der Waals surface area contributed by atoms with Gasteiger partial charge < -0.3 is 22.8 Å². The van der Waals surface area contributed by atoms with Crippen LogP contribution in [-0.4, -0.2) is 32.8 Å². The van der Waals surface area contributed by atoms with E-state index in [1.807, 2.05) is 0 Å². The van der Waals surface area contributed by atoms with Gasteiger partial charge in [0.2, 0.25) is 0 Å². The summed E-state index contributed by atoms with van der Waals surface area (Å²) in [5.41, 5.74) is 49.5. The minimum atomic E-state index is -0.136. The fourth-order valence-electron chi connectivity index (χ4n) is 26.4. The zero-order chi connectivity index (χ0) is 95.2. The van der Waals surface area contributed by atoms with Gasteiger partial charge in [0.25, 0.3) is 0 Å². The number of hydrogen-bond acceptors (Lipinski definition) is 2. The largest absolute Gasteiger partial charge is 0.309 e. The van der Waals surface area contributed by atoms with E-state index >= 15 is 0 Å². The van der Waals surface area contributed by atoms with E-state index in [-0.39, 0.29) is 16.2 Å². The van der Waals surface area contributed by atoms with Crippen LogP contribution in [0.1, 0.15) is 74.9 Å². The molecule has 6 heterocycles. The molecule has 6 aromatic heterocycles. The molecular formula is C137H91N7. The van der Waals surface area contributed by atoms with Gasteiger partial charge in [0, 0.05) is 121 Å². The standard InChI is InChI=1S/C137H91N7/c1-135(2)114-39-17-10-30-95(114)98-59-56-91(77-117(98)135)142-121-43-21-14-34-102(121)109-72-83(49-65-125(109)142)82-48-64-124-108(71-82)101-33-13-20-42-120(101)140(124)89-54-46-80(47-55-89)132-131-106-63-62-94(105-37-25-38-107(130(105)106)133(131)139-134(138-132)81-26-8-7-9-27-81)88-28-24-29-90(70-88)141-128-68-52-86(84-50-66-126-110(73-84)103-35-15-22-44-122(103)143(126)92-57-60-99-96-31-11-18-40-115(96)136(3,4)118(99)78-92)75-112(128)113-76-87(53-69-129(113)141)85-51-67-127-111(74-85)104-36-16-23-45-123(104)144(127)93-58-61-100-97-32-12-19-41-116(97)137(5,6)119(100)79-93/h7-79H,1-6H3. The molecule has 144 heavy (non-hydrogen) atoms. The molecule has 7 nitrogen and oxygen atoms in total. The SMILES string of the molecule is CC1(C)c2ccccc2-c2ccc(-n3c4ccccc4c4cc(-c5ccc6c(c5)c5ccccc5n6-c5ccc(-c6nc(-c7ccccc7)nc7c6-c6ccc(-c8cccc(-n9c%10ccc(-c%11ccc%12c(c%11)c%11ccccc%11n%12-c%11ccc%12c(c%11)C(C)(C)c%11ccccc%11-%12)cc%10c%10cc(-c%11ccc%12c(c%11)c%11ccccc%11n%12-c%11ccc%12c(c%11)C(C)(C)c%11ccccc%11-%12)ccc%109)c8)c8cccc-7c68)cc5)ccc43)cc21. The van der Waals surface area contributed by atoms with E-state index in [0.717, 1.165) is 111 Å². The molecule has 0 atom stereocenters. The fraction of sp³-hybridized carbons (Fsp3) is 0.0657. The second-order valence-corrected chi connectivity index (χ2v) is 41.8. The smallest absolute Gasteiger partial charge is 0.160 e. The Labute approximate surface area is 832 Å². The summed E-state index contributed by atoms with van der Waals surface area (Å²) in [7, 11) is 0. The first kappa shape index (κ1) is 80.9. The molecule has 0 amide bonds. The maximum Gasteiger partial charge on any atom is 0.160 e. The van der Waals surface area contributed by atoms with Crippen LogP contribution < -0.4 is 0 Å². The molecule has 0 unspecified atom stereocenters. The lowest BCUT2D eigenvalue weighted by atomic mass is 9.82. The van der Waals surface area contributed by atoms with Crippen molar-refractivity contribution >= 4 is 120 Å². The molecule has 0 fully saturated rings. The Morgan fingerprint density at radius 3 is 0.840 bits per heavy atom. The van der Waals surface area contributed by atoms with E-state index in [9.17, 15) is 0 Å². The highest BCUT2D eigenvalue weighted by atomic mass is 15.0. The van der Waals surface area contributed by atoms with Gasteiger partial charge in [-0.15, -0.1) is 0 Å². The number of rotatable bonds is 11. The normalized spacial score (nSPS) is 13.8. The molecule has 0 aliphatic heterocycles. The van der Waals surface area contributed by atoms with Crippen LogP contribution in [0.2, 0.25) is 0 Å². The van der Waals surface area contributed by atoms with Crippen LogP contribution in [0.5, 0.6) is 0 Å². The molecule has 4 aliphatic rings. The molecule has 0 spiro atoms. The van der Waals surface area contributed by atoms with E-state index in [1.54, 1.807) is 0 Å². The predicted molar refractivity (Wildman–Crippen MR) is 601 cm³/mol. The summed E-state index contributed by atoms with van der Waals surface area (Å²) in [5, 5.41) is 14.5. The molecule has 31 rings (SSSR count). The molecule has 674 valence electrons. The van der Waals surface area contributed by atoms with Crippen LogP contribution in [0.3, 0.4) is 0 Å². The van der Waals surface area contributed by atoms with Gasteiger partial charge in [-0.25, -0.2) is 9.97 Å². The molecule has 0 saturated carbocycles. The average Bonchev–Trinajstić information content (AvgIpc) is 1.54. The van der Waals surface area contributed by atoms with Crippen molar-refractivity contribution in [3.8, 4) is 151 Å². The summed E-state index contributed by atoms with van der Waals surface area (Å²) < 4.78 is 12.4. The van der Waals surface area contributed by atoms with E-state index in [0.29, 0.717) is 5.82 Å². The number of para-hydroxylation sites is 4. The van der Waals surface area contributed by atoms with E-state index in [4.69, 9.17) is 9.97 Å². The Balaban J connectivity index is 0.514. The van der Waals surface area contributed by atoms with Crippen molar-refractivity contribution in [1.82, 2.24) is 32.8 Å². The maximum atomic E-state index is 5.66. The summed E-state index contributed by atoms with van der Waals surface area (Å²) in [6.45, 7) is 14.2. The first-order chi connectivity index (χ1) is 70.7. The molecule has 27 aromatic rings. The summed E-state index contributed by atoms with van der Waals surface area (Å²) in [6.07, 6.45) is 0. The zero-order valence-electron chi connectivity index (χ0n) is 80.3. The summed E-state index contributed by atoms with van der Waals surface area (Å²) >= 11 is 0. The molecular weight excluding hydrogens is 1740 g/mol. The Kier molecular flexibility index (Phi) is 16.6. The second kappa shape index (κ2) is 29.5. The minimum absolute atomic E-state index is 0.112. The highest BCUT2D eigenvalue weighted by Crippen LogP contribution is 2.57. The minimum Gasteiger partial charge on any atom is -0.309 e. The van der Waals surface area contributed by atoms with Gasteiger partial charge in [-0.1, -0.05) is 327 Å². The van der Waals surface area contributed by atoms with Crippen LogP contribution in [0.4, 0.5) is 0 Å². The first-order valence-corrected chi connectivity index (χ1v) is 50.4. The second-order valence-electron chi connectivity index (χ2n) is 41.8. The third kappa shape index (κ3) is 11.3. The van der Waals surface area contributed by atoms with Gasteiger partial charge in [-0.05, 0) is 285 Å². The van der Waals surface area contributed by atoms with Crippen molar-refractivity contribution in [3.63, 3.8) is 0 Å². The molecule has 21 aromatic carbocycles. The quantitative estimate of drug-likeness (QED) is 0.130. The number of nitrogens with zero attached hydrogens (tertiary/aromatic N) is 7. The fourth-order valence-corrected chi connectivity index (χ4v) is 26.4. The van der Waals surface area contributed by atoms with Crippen molar-refractivity contribution in [2.24, 2.45) is 0 Å². The highest BCUT2D eigenvalue weighted by Gasteiger charge is 2.40. The molecule has 0 bridgehead atoms. The Hall–Kier alpha value is -18.0. The lowest BCUT2D eigenvalue weighted by Gasteiger charge is -2.22. The van der Waals surface area contributed by atoms with Gasteiger partial charge in [-0.2, -0.15) is 0 Å². The lowest BCUT2D eigenvalue weighted by molar-refractivity contribution is 0.660. The average molecular weight is 1840 g/mol. The van der Waals surface area contributed by atoms with Crippen molar-refractivity contribution in [2.45, 2.75) is 57.8 Å². The van der Waals surface area contributed by atoms with Crippen LogP contribution in [0, 0.1) is 0 Å². The zero-order valence-corrected chi connectivity index (χ0v) is 80.3. The third-order valence-electron chi connectivity index (χ3n) is 33.3. The van der Waals surface area contributed by atoms with Crippen LogP contribution in [0.25, 0.3) is 271 Å². The monoisotopic (exact) mass is 1830 g/mol.